The van der Waals surface area contributed by atoms with Crippen molar-refractivity contribution in [3.05, 3.63) is 72.6 Å². The van der Waals surface area contributed by atoms with E-state index in [1.807, 2.05) is 53.1 Å². The lowest BCUT2D eigenvalue weighted by atomic mass is 10.1. The average molecular weight is 417 g/mol. The largest absolute Gasteiger partial charge is 0.493 e. The zero-order valence-electron chi connectivity index (χ0n) is 17.6. The lowest BCUT2D eigenvalue weighted by molar-refractivity contribution is -0.115. The van der Waals surface area contributed by atoms with Crippen LogP contribution >= 0.6 is 0 Å². The molecule has 0 saturated heterocycles. The van der Waals surface area contributed by atoms with Crippen LogP contribution in [-0.2, 0) is 11.2 Å². The van der Waals surface area contributed by atoms with Crippen molar-refractivity contribution in [3.63, 3.8) is 0 Å². The zero-order valence-corrected chi connectivity index (χ0v) is 17.6. The molecule has 4 rings (SSSR count). The number of carbonyl (C=O) groups excluding carboxylic acids is 1. The van der Waals surface area contributed by atoms with Gasteiger partial charge in [0.15, 0.2) is 11.5 Å². The molecule has 1 aromatic heterocycles. The number of hydrogen-bond donors (Lipinski definition) is 1. The topological polar surface area (TPSA) is 74.6 Å². The molecule has 1 amide bonds. The number of para-hydroxylation sites is 2. The van der Waals surface area contributed by atoms with Crippen LogP contribution in [-0.4, -0.2) is 36.8 Å². The van der Waals surface area contributed by atoms with E-state index in [0.717, 1.165) is 16.7 Å². The van der Waals surface area contributed by atoms with Gasteiger partial charge in [0.05, 0.1) is 38.8 Å². The fourth-order valence-electron chi connectivity index (χ4n) is 3.55. The van der Waals surface area contributed by atoms with Crippen molar-refractivity contribution in [1.29, 1.82) is 0 Å². The smallest absolute Gasteiger partial charge is 0.228 e. The first-order valence-electron chi connectivity index (χ1n) is 9.74. The van der Waals surface area contributed by atoms with E-state index in [1.165, 1.54) is 14.2 Å². The van der Waals surface area contributed by atoms with Gasteiger partial charge in [-0.25, -0.2) is 4.98 Å². The summed E-state index contributed by atoms with van der Waals surface area (Å²) >= 11 is 0. The maximum absolute atomic E-state index is 12.6. The number of nitrogens with zero attached hydrogens (tertiary/aromatic N) is 2. The summed E-state index contributed by atoms with van der Waals surface area (Å²) in [6.45, 7) is 0. The van der Waals surface area contributed by atoms with Crippen molar-refractivity contribution >= 4 is 22.6 Å². The SMILES string of the molecule is COc1ccc(CC(=O)Nc2ccc(-n3cnc4ccccc43)cc2)c(OC)c1OC. The highest BCUT2D eigenvalue weighted by Gasteiger charge is 2.18. The van der Waals surface area contributed by atoms with Crippen molar-refractivity contribution < 1.29 is 19.0 Å². The lowest BCUT2D eigenvalue weighted by Crippen LogP contribution is -2.15. The summed E-state index contributed by atoms with van der Waals surface area (Å²) in [5.74, 6) is 1.34. The minimum absolute atomic E-state index is 0.136. The monoisotopic (exact) mass is 417 g/mol. The molecule has 7 heteroatoms. The third-order valence-electron chi connectivity index (χ3n) is 5.02. The first kappa shape index (κ1) is 20.3. The summed E-state index contributed by atoms with van der Waals surface area (Å²) in [4.78, 5) is 17.1. The highest BCUT2D eigenvalue weighted by Crippen LogP contribution is 2.40. The zero-order chi connectivity index (χ0) is 21.8. The first-order valence-corrected chi connectivity index (χ1v) is 9.74. The highest BCUT2D eigenvalue weighted by atomic mass is 16.5. The van der Waals surface area contributed by atoms with Crippen LogP contribution in [0.4, 0.5) is 5.69 Å². The molecule has 1 N–H and O–H groups in total. The first-order chi connectivity index (χ1) is 15.1. The predicted molar refractivity (Wildman–Crippen MR) is 120 cm³/mol. The summed E-state index contributed by atoms with van der Waals surface area (Å²) in [6.07, 6.45) is 1.93. The molecule has 0 radical (unpaired) electrons. The second kappa shape index (κ2) is 8.79. The van der Waals surface area contributed by atoms with Gasteiger partial charge in [0.2, 0.25) is 11.7 Å². The van der Waals surface area contributed by atoms with Gasteiger partial charge in [-0.1, -0.05) is 18.2 Å². The lowest BCUT2D eigenvalue weighted by Gasteiger charge is -2.15. The van der Waals surface area contributed by atoms with Crippen LogP contribution in [0.2, 0.25) is 0 Å². The Labute approximate surface area is 180 Å². The number of anilines is 1. The van der Waals surface area contributed by atoms with Crippen LogP contribution in [0.15, 0.2) is 67.0 Å². The van der Waals surface area contributed by atoms with E-state index in [1.54, 1.807) is 25.6 Å². The number of ether oxygens (including phenoxy) is 3. The van der Waals surface area contributed by atoms with Crippen LogP contribution in [0, 0.1) is 0 Å². The number of rotatable bonds is 7. The fourth-order valence-corrected chi connectivity index (χ4v) is 3.55. The van der Waals surface area contributed by atoms with Gasteiger partial charge < -0.3 is 19.5 Å². The molecule has 0 bridgehead atoms. The molecule has 3 aromatic carbocycles. The van der Waals surface area contributed by atoms with Crippen molar-refractivity contribution in [1.82, 2.24) is 9.55 Å². The van der Waals surface area contributed by atoms with Gasteiger partial charge in [-0.3, -0.25) is 9.36 Å². The van der Waals surface area contributed by atoms with Gasteiger partial charge in [-0.05, 0) is 42.5 Å². The summed E-state index contributed by atoms with van der Waals surface area (Å²) < 4.78 is 18.1. The Morgan fingerprint density at radius 2 is 1.65 bits per heavy atom. The second-order valence-corrected chi connectivity index (χ2v) is 6.87. The predicted octanol–water partition coefficient (Wildman–Crippen LogP) is 4.23. The molecule has 0 aliphatic carbocycles. The minimum Gasteiger partial charge on any atom is -0.493 e. The summed E-state index contributed by atoms with van der Waals surface area (Å²) in [6, 6.07) is 19.1. The van der Waals surface area contributed by atoms with Crippen molar-refractivity contribution in [2.45, 2.75) is 6.42 Å². The third-order valence-corrected chi connectivity index (χ3v) is 5.02. The summed E-state index contributed by atoms with van der Waals surface area (Å²) in [5.41, 5.74) is 4.34. The number of benzene rings is 3. The van der Waals surface area contributed by atoms with Crippen LogP contribution < -0.4 is 19.5 Å². The molecule has 0 atom stereocenters. The molecule has 0 aliphatic rings. The van der Waals surface area contributed by atoms with E-state index < -0.39 is 0 Å². The molecule has 4 aromatic rings. The van der Waals surface area contributed by atoms with Gasteiger partial charge in [-0.2, -0.15) is 0 Å². The molecule has 0 aliphatic heterocycles. The Morgan fingerprint density at radius 3 is 2.35 bits per heavy atom. The Hall–Kier alpha value is -4.00. The molecule has 31 heavy (non-hydrogen) atoms. The van der Waals surface area contributed by atoms with Crippen LogP contribution in [0.3, 0.4) is 0 Å². The van der Waals surface area contributed by atoms with Gasteiger partial charge in [-0.15, -0.1) is 0 Å². The van der Waals surface area contributed by atoms with E-state index in [2.05, 4.69) is 10.3 Å². The Kier molecular flexibility index (Phi) is 5.75. The van der Waals surface area contributed by atoms with Crippen LogP contribution in [0.25, 0.3) is 16.7 Å². The van der Waals surface area contributed by atoms with Crippen LogP contribution in [0.1, 0.15) is 5.56 Å². The minimum atomic E-state index is -0.161. The highest BCUT2D eigenvalue weighted by molar-refractivity contribution is 5.93. The van der Waals surface area contributed by atoms with E-state index in [4.69, 9.17) is 14.2 Å². The molecule has 0 spiro atoms. The van der Waals surface area contributed by atoms with Gasteiger partial charge in [0, 0.05) is 16.9 Å². The maximum atomic E-state index is 12.6. The summed E-state index contributed by atoms with van der Waals surface area (Å²) in [7, 11) is 4.63. The number of carbonyl (C=O) groups is 1. The second-order valence-electron chi connectivity index (χ2n) is 6.87. The van der Waals surface area contributed by atoms with E-state index >= 15 is 0 Å². The molecular formula is C24H23N3O4. The quantitative estimate of drug-likeness (QED) is 0.487. The molecule has 7 nitrogen and oxygen atoms in total. The van der Waals surface area contributed by atoms with Gasteiger partial charge in [0.25, 0.3) is 0 Å². The van der Waals surface area contributed by atoms with Crippen LogP contribution in [0.5, 0.6) is 17.2 Å². The molecule has 0 fully saturated rings. The normalized spacial score (nSPS) is 10.7. The third kappa shape index (κ3) is 4.02. The molecule has 0 saturated carbocycles. The van der Waals surface area contributed by atoms with Gasteiger partial charge in [0.1, 0.15) is 6.33 Å². The van der Waals surface area contributed by atoms with E-state index in [9.17, 15) is 4.79 Å². The number of methoxy groups -OCH3 is 3. The summed E-state index contributed by atoms with van der Waals surface area (Å²) in [5, 5.41) is 2.93. The maximum Gasteiger partial charge on any atom is 0.228 e. The number of imidazole rings is 1. The molecule has 1 heterocycles. The molecule has 158 valence electrons. The van der Waals surface area contributed by atoms with E-state index in [0.29, 0.717) is 28.5 Å². The Bertz CT molecular complexity index is 1220. The Morgan fingerprint density at radius 1 is 0.903 bits per heavy atom. The van der Waals surface area contributed by atoms with E-state index in [-0.39, 0.29) is 12.3 Å². The number of hydrogen-bond acceptors (Lipinski definition) is 5. The number of fused-ring (bicyclic) bond motifs is 1. The molecular weight excluding hydrogens is 394 g/mol. The number of aromatic nitrogens is 2. The van der Waals surface area contributed by atoms with Crippen molar-refractivity contribution in [2.75, 3.05) is 26.6 Å². The van der Waals surface area contributed by atoms with Crippen molar-refractivity contribution in [3.8, 4) is 22.9 Å². The number of amides is 1. The standard InChI is InChI=1S/C24H23N3O4/c1-29-21-13-8-16(23(30-2)24(21)31-3)14-22(28)26-17-9-11-18(12-10-17)27-15-25-19-6-4-5-7-20(19)27/h4-13,15H,14H2,1-3H3,(H,26,28). The Balaban J connectivity index is 1.50. The average Bonchev–Trinajstić information content (AvgIpc) is 3.23. The van der Waals surface area contributed by atoms with Gasteiger partial charge >= 0.3 is 0 Å². The number of nitrogens with one attached hydrogen (secondary N) is 1. The van der Waals surface area contributed by atoms with Crippen molar-refractivity contribution in [2.24, 2.45) is 0 Å². The fraction of sp³-hybridized carbons (Fsp3) is 0.167. The molecule has 0 unspecified atom stereocenters.